The van der Waals surface area contributed by atoms with Crippen molar-refractivity contribution in [3.8, 4) is 0 Å². The van der Waals surface area contributed by atoms with Crippen molar-refractivity contribution in [3.05, 3.63) is 70.8 Å². The van der Waals surface area contributed by atoms with Crippen LogP contribution in [0.15, 0.2) is 48.5 Å². The first-order valence-electron chi connectivity index (χ1n) is 13.5. The number of benzene rings is 2. The highest BCUT2D eigenvalue weighted by Gasteiger charge is 2.23. The summed E-state index contributed by atoms with van der Waals surface area (Å²) in [5.74, 6) is -1.68. The van der Waals surface area contributed by atoms with Crippen LogP contribution in [-0.2, 0) is 10.8 Å². The molecular formula is C32H50O6. The number of carboxylic acid groups (broad SMARTS) is 2. The monoisotopic (exact) mass is 530 g/mol. The van der Waals surface area contributed by atoms with Crippen LogP contribution in [0.25, 0.3) is 0 Å². The maximum absolute atomic E-state index is 10.6. The molecule has 2 rings (SSSR count). The van der Waals surface area contributed by atoms with E-state index in [2.05, 4.69) is 41.5 Å². The van der Waals surface area contributed by atoms with Crippen molar-refractivity contribution in [1.29, 1.82) is 0 Å². The molecule has 2 aromatic carbocycles. The average molecular weight is 531 g/mol. The average Bonchev–Trinajstić information content (AvgIpc) is 2.84. The summed E-state index contributed by atoms with van der Waals surface area (Å²) < 4.78 is 0. The van der Waals surface area contributed by atoms with Crippen LogP contribution in [0.4, 0.5) is 0 Å². The van der Waals surface area contributed by atoms with E-state index in [1.165, 1.54) is 0 Å². The van der Waals surface area contributed by atoms with E-state index >= 15 is 0 Å². The van der Waals surface area contributed by atoms with Gasteiger partial charge in [0.25, 0.3) is 0 Å². The highest BCUT2D eigenvalue weighted by molar-refractivity contribution is 5.88. The highest BCUT2D eigenvalue weighted by atomic mass is 16.4. The minimum Gasteiger partial charge on any atom is -0.478 e. The van der Waals surface area contributed by atoms with Gasteiger partial charge in [0, 0.05) is 5.92 Å². The number of aromatic carboxylic acids is 2. The van der Waals surface area contributed by atoms with Crippen LogP contribution < -0.4 is 0 Å². The van der Waals surface area contributed by atoms with E-state index in [0.717, 1.165) is 36.8 Å². The Morgan fingerprint density at radius 3 is 1.18 bits per heavy atom. The zero-order chi connectivity index (χ0) is 29.7. The standard InChI is InChI=1S/2C11H14O2.C10H22O2/c2*1-11(2,3)9-6-4-8(5-7-9)10(12)13;1-4-7-10(12)8(5-2)9(11)6-3/h2*4-7H,1-3H3,(H,12,13);8-12H,4-7H2,1-3H3. The summed E-state index contributed by atoms with van der Waals surface area (Å²) >= 11 is 0. The second kappa shape index (κ2) is 16.3. The number of carboxylic acids is 2. The molecule has 0 spiro atoms. The van der Waals surface area contributed by atoms with Crippen molar-refractivity contribution in [2.75, 3.05) is 0 Å². The first-order valence-corrected chi connectivity index (χ1v) is 13.5. The van der Waals surface area contributed by atoms with Gasteiger partial charge in [-0.15, -0.1) is 0 Å². The Hall–Kier alpha value is -2.70. The molecule has 4 N–H and O–H groups in total. The van der Waals surface area contributed by atoms with E-state index in [1.807, 2.05) is 45.0 Å². The minimum absolute atomic E-state index is 0.0648. The largest absolute Gasteiger partial charge is 0.478 e. The Kier molecular flexibility index (Phi) is 15.1. The SMILES string of the molecule is CC(C)(C)c1ccc(C(=O)O)cc1.CC(C)(C)c1ccc(C(=O)O)cc1.CCCC(O)C(CC)C(O)CC. The smallest absolute Gasteiger partial charge is 0.335 e. The molecule has 214 valence electrons. The van der Waals surface area contributed by atoms with Crippen molar-refractivity contribution >= 4 is 11.9 Å². The molecule has 0 fully saturated rings. The molecule has 0 radical (unpaired) electrons. The van der Waals surface area contributed by atoms with Crippen molar-refractivity contribution in [2.45, 2.75) is 111 Å². The van der Waals surface area contributed by atoms with Crippen LogP contribution in [0.2, 0.25) is 0 Å². The molecule has 0 amide bonds. The van der Waals surface area contributed by atoms with E-state index < -0.39 is 11.9 Å². The lowest BCUT2D eigenvalue weighted by molar-refractivity contribution is 0.00452. The summed E-state index contributed by atoms with van der Waals surface area (Å²) in [6.07, 6.45) is 2.71. The fraction of sp³-hybridized carbons (Fsp3) is 0.562. The summed E-state index contributed by atoms with van der Waals surface area (Å²) in [5, 5.41) is 36.6. The fourth-order valence-electron chi connectivity index (χ4n) is 3.84. The summed E-state index contributed by atoms with van der Waals surface area (Å²) in [6, 6.07) is 14.0. The Labute approximate surface area is 229 Å². The van der Waals surface area contributed by atoms with E-state index in [1.54, 1.807) is 24.3 Å². The van der Waals surface area contributed by atoms with Gasteiger partial charge >= 0.3 is 11.9 Å². The van der Waals surface area contributed by atoms with Crippen LogP contribution in [0, 0.1) is 5.92 Å². The van der Waals surface area contributed by atoms with Crippen LogP contribution in [0.3, 0.4) is 0 Å². The molecule has 0 heterocycles. The van der Waals surface area contributed by atoms with Crippen LogP contribution in [-0.4, -0.2) is 44.6 Å². The van der Waals surface area contributed by atoms with Gasteiger partial charge in [-0.2, -0.15) is 0 Å². The maximum Gasteiger partial charge on any atom is 0.335 e. The Morgan fingerprint density at radius 2 is 0.974 bits per heavy atom. The number of hydrogen-bond donors (Lipinski definition) is 4. The maximum atomic E-state index is 10.6. The molecule has 6 nitrogen and oxygen atoms in total. The van der Waals surface area contributed by atoms with E-state index in [0.29, 0.717) is 11.1 Å². The molecule has 3 unspecified atom stereocenters. The molecule has 0 aliphatic carbocycles. The molecule has 0 saturated heterocycles. The number of rotatable bonds is 8. The number of aliphatic hydroxyl groups is 2. The summed E-state index contributed by atoms with van der Waals surface area (Å²) in [4.78, 5) is 21.1. The summed E-state index contributed by atoms with van der Waals surface area (Å²) in [7, 11) is 0. The third kappa shape index (κ3) is 12.7. The summed E-state index contributed by atoms with van der Waals surface area (Å²) in [5.41, 5.74) is 3.14. The van der Waals surface area contributed by atoms with Gasteiger partial charge in [-0.1, -0.05) is 93.0 Å². The van der Waals surface area contributed by atoms with Crippen LogP contribution in [0.5, 0.6) is 0 Å². The van der Waals surface area contributed by atoms with Crippen LogP contribution in [0.1, 0.15) is 120 Å². The third-order valence-corrected chi connectivity index (χ3v) is 6.46. The van der Waals surface area contributed by atoms with Crippen molar-refractivity contribution < 1.29 is 30.0 Å². The minimum atomic E-state index is -0.875. The van der Waals surface area contributed by atoms with Gasteiger partial charge in [0.05, 0.1) is 23.3 Å². The Bertz CT molecular complexity index is 882. The Morgan fingerprint density at radius 1 is 0.632 bits per heavy atom. The van der Waals surface area contributed by atoms with Gasteiger partial charge in [-0.05, 0) is 65.5 Å². The van der Waals surface area contributed by atoms with Gasteiger partial charge in [-0.3, -0.25) is 0 Å². The zero-order valence-corrected chi connectivity index (χ0v) is 24.8. The molecule has 0 aliphatic heterocycles. The van der Waals surface area contributed by atoms with Gasteiger partial charge in [0.2, 0.25) is 0 Å². The molecular weight excluding hydrogens is 480 g/mol. The van der Waals surface area contributed by atoms with E-state index in [9.17, 15) is 19.8 Å². The first kappa shape index (κ1) is 35.3. The molecule has 0 saturated carbocycles. The van der Waals surface area contributed by atoms with Crippen molar-refractivity contribution in [2.24, 2.45) is 5.92 Å². The quantitative estimate of drug-likeness (QED) is 0.284. The number of carbonyl (C=O) groups is 2. The topological polar surface area (TPSA) is 115 Å². The molecule has 2 aromatic rings. The second-order valence-corrected chi connectivity index (χ2v) is 11.7. The van der Waals surface area contributed by atoms with Crippen LogP contribution >= 0.6 is 0 Å². The predicted molar refractivity (Wildman–Crippen MR) is 155 cm³/mol. The lowest BCUT2D eigenvalue weighted by atomic mass is 9.87. The second-order valence-electron chi connectivity index (χ2n) is 11.7. The fourth-order valence-corrected chi connectivity index (χ4v) is 3.84. The van der Waals surface area contributed by atoms with Gasteiger partial charge in [0.15, 0.2) is 0 Å². The molecule has 3 atom stereocenters. The van der Waals surface area contributed by atoms with E-state index in [4.69, 9.17) is 10.2 Å². The molecule has 0 bridgehead atoms. The number of aliphatic hydroxyl groups excluding tert-OH is 2. The Balaban J connectivity index is 0.000000541. The lowest BCUT2D eigenvalue weighted by Gasteiger charge is -2.25. The first-order chi connectivity index (χ1) is 17.5. The van der Waals surface area contributed by atoms with Crippen molar-refractivity contribution in [3.63, 3.8) is 0 Å². The van der Waals surface area contributed by atoms with Gasteiger partial charge < -0.3 is 20.4 Å². The normalized spacial score (nSPS) is 13.7. The predicted octanol–water partition coefficient (Wildman–Crippen LogP) is 7.31. The lowest BCUT2D eigenvalue weighted by Crippen LogP contribution is -2.30. The molecule has 6 heteroatoms. The summed E-state index contributed by atoms with van der Waals surface area (Å²) in [6.45, 7) is 18.6. The van der Waals surface area contributed by atoms with Gasteiger partial charge in [0.1, 0.15) is 0 Å². The highest BCUT2D eigenvalue weighted by Crippen LogP contribution is 2.23. The molecule has 0 aliphatic rings. The van der Waals surface area contributed by atoms with E-state index in [-0.39, 0.29) is 29.0 Å². The molecule has 0 aromatic heterocycles. The number of hydrogen-bond acceptors (Lipinski definition) is 4. The third-order valence-electron chi connectivity index (χ3n) is 6.46. The van der Waals surface area contributed by atoms with Crippen molar-refractivity contribution in [1.82, 2.24) is 0 Å². The zero-order valence-electron chi connectivity index (χ0n) is 24.8. The van der Waals surface area contributed by atoms with Gasteiger partial charge in [-0.25, -0.2) is 9.59 Å². The molecule has 38 heavy (non-hydrogen) atoms.